The predicted molar refractivity (Wildman–Crippen MR) is 80.9 cm³/mol. The second-order valence-corrected chi connectivity index (χ2v) is 5.43. The number of benzene rings is 1. The van der Waals surface area contributed by atoms with Crippen molar-refractivity contribution in [2.45, 2.75) is 25.8 Å². The molecule has 1 aromatic rings. The van der Waals surface area contributed by atoms with Gasteiger partial charge in [0.15, 0.2) is 0 Å². The summed E-state index contributed by atoms with van der Waals surface area (Å²) in [5, 5.41) is 13.8. The topological polar surface area (TPSA) is 122 Å². The van der Waals surface area contributed by atoms with Gasteiger partial charge < -0.3 is 21.5 Å². The maximum Gasteiger partial charge on any atom is 0.326 e. The van der Waals surface area contributed by atoms with Crippen molar-refractivity contribution in [2.24, 2.45) is 5.73 Å². The van der Waals surface area contributed by atoms with E-state index in [2.05, 4.69) is 26.6 Å². The van der Waals surface area contributed by atoms with Gasteiger partial charge in [0, 0.05) is 16.6 Å². The zero-order valence-electron chi connectivity index (χ0n) is 11.4. The maximum absolute atomic E-state index is 11.8. The molecule has 0 aliphatic carbocycles. The van der Waals surface area contributed by atoms with E-state index in [4.69, 9.17) is 10.8 Å². The first kappa shape index (κ1) is 17.0. The summed E-state index contributed by atoms with van der Waals surface area (Å²) in [6, 6.07) is 3.46. The van der Waals surface area contributed by atoms with Gasteiger partial charge in [-0.25, -0.2) is 9.59 Å². The fourth-order valence-electron chi connectivity index (χ4n) is 1.68. The Morgan fingerprint density at radius 1 is 1.33 bits per heavy atom. The first-order valence-electron chi connectivity index (χ1n) is 6.13. The van der Waals surface area contributed by atoms with Gasteiger partial charge in [-0.05, 0) is 37.1 Å². The van der Waals surface area contributed by atoms with Gasteiger partial charge in [-0.1, -0.05) is 15.9 Å². The lowest BCUT2D eigenvalue weighted by Gasteiger charge is -2.14. The van der Waals surface area contributed by atoms with E-state index in [0.29, 0.717) is 5.69 Å². The quantitative estimate of drug-likeness (QED) is 0.617. The summed E-state index contributed by atoms with van der Waals surface area (Å²) in [7, 11) is 0. The molecular weight excluding hydrogens is 342 g/mol. The first-order chi connectivity index (χ1) is 9.77. The van der Waals surface area contributed by atoms with Gasteiger partial charge in [0.25, 0.3) is 0 Å². The number of hydrogen-bond donors (Lipinski definition) is 4. The number of aryl methyl sites for hydroxylation is 1. The summed E-state index contributed by atoms with van der Waals surface area (Å²) < 4.78 is 0.793. The van der Waals surface area contributed by atoms with E-state index in [9.17, 15) is 14.4 Å². The Bertz CT molecular complexity index is 542. The molecule has 1 aromatic carbocycles. The van der Waals surface area contributed by atoms with Crippen LogP contribution in [0.15, 0.2) is 22.7 Å². The summed E-state index contributed by atoms with van der Waals surface area (Å²) in [5.41, 5.74) is 6.42. The van der Waals surface area contributed by atoms with Gasteiger partial charge in [0.05, 0.1) is 0 Å². The van der Waals surface area contributed by atoms with E-state index in [1.807, 2.05) is 13.0 Å². The van der Waals surface area contributed by atoms with Crippen molar-refractivity contribution in [1.29, 1.82) is 0 Å². The van der Waals surface area contributed by atoms with E-state index in [1.165, 1.54) is 0 Å². The number of hydrogen-bond acceptors (Lipinski definition) is 3. The van der Waals surface area contributed by atoms with Crippen LogP contribution in [-0.4, -0.2) is 29.1 Å². The molecule has 0 saturated heterocycles. The van der Waals surface area contributed by atoms with E-state index in [-0.39, 0.29) is 12.8 Å². The number of nitrogens with two attached hydrogens (primary N) is 1. The minimum absolute atomic E-state index is 0.0599. The highest BCUT2D eigenvalue weighted by Gasteiger charge is 2.20. The van der Waals surface area contributed by atoms with Crippen molar-refractivity contribution in [1.82, 2.24) is 5.32 Å². The summed E-state index contributed by atoms with van der Waals surface area (Å²) in [4.78, 5) is 33.5. The highest BCUT2D eigenvalue weighted by atomic mass is 79.9. The third-order valence-corrected chi connectivity index (χ3v) is 3.04. The molecule has 0 aliphatic rings. The Hall–Kier alpha value is -2.09. The van der Waals surface area contributed by atoms with E-state index in [0.717, 1.165) is 10.0 Å². The first-order valence-corrected chi connectivity index (χ1v) is 6.93. The molecule has 21 heavy (non-hydrogen) atoms. The van der Waals surface area contributed by atoms with Gasteiger partial charge in [-0.2, -0.15) is 0 Å². The number of nitrogens with one attached hydrogen (secondary N) is 2. The van der Waals surface area contributed by atoms with Crippen molar-refractivity contribution < 1.29 is 19.5 Å². The van der Waals surface area contributed by atoms with Crippen LogP contribution in [0.25, 0.3) is 0 Å². The molecule has 3 amide bonds. The van der Waals surface area contributed by atoms with Crippen LogP contribution in [0.5, 0.6) is 0 Å². The van der Waals surface area contributed by atoms with Crippen LogP contribution in [0.2, 0.25) is 0 Å². The summed E-state index contributed by atoms with van der Waals surface area (Å²) in [6.45, 7) is 1.86. The van der Waals surface area contributed by atoms with Gasteiger partial charge in [-0.15, -0.1) is 0 Å². The van der Waals surface area contributed by atoms with Crippen molar-refractivity contribution in [3.8, 4) is 0 Å². The smallest absolute Gasteiger partial charge is 0.326 e. The SMILES string of the molecule is Cc1cc(Br)cc(NC(=O)N[C@H](CCC(N)=O)C(=O)O)c1. The summed E-state index contributed by atoms with van der Waals surface area (Å²) in [6.07, 6.45) is -0.178. The maximum atomic E-state index is 11.8. The molecule has 0 radical (unpaired) electrons. The van der Waals surface area contributed by atoms with Gasteiger partial charge in [-0.3, -0.25) is 4.79 Å². The molecule has 1 atom stereocenters. The van der Waals surface area contributed by atoms with Crippen molar-refractivity contribution in [2.75, 3.05) is 5.32 Å². The highest BCUT2D eigenvalue weighted by molar-refractivity contribution is 9.10. The molecule has 0 unspecified atom stereocenters. The minimum atomic E-state index is -1.23. The zero-order valence-corrected chi connectivity index (χ0v) is 12.9. The van der Waals surface area contributed by atoms with Gasteiger partial charge in [0.1, 0.15) is 6.04 Å². The second-order valence-electron chi connectivity index (χ2n) is 4.51. The number of carbonyl (C=O) groups is 3. The number of carboxylic acids is 1. The number of amides is 3. The number of urea groups is 1. The number of aliphatic carboxylic acids is 1. The largest absolute Gasteiger partial charge is 0.480 e. The van der Waals surface area contributed by atoms with E-state index < -0.39 is 23.9 Å². The second kappa shape index (κ2) is 7.63. The Kier molecular flexibility index (Phi) is 6.16. The molecule has 0 fully saturated rings. The number of anilines is 1. The van der Waals surface area contributed by atoms with Gasteiger partial charge in [0.2, 0.25) is 5.91 Å². The molecule has 0 aliphatic heterocycles. The fraction of sp³-hybridized carbons (Fsp3) is 0.308. The van der Waals surface area contributed by atoms with E-state index >= 15 is 0 Å². The lowest BCUT2D eigenvalue weighted by Crippen LogP contribution is -2.43. The highest BCUT2D eigenvalue weighted by Crippen LogP contribution is 2.18. The molecular formula is C13H16BrN3O4. The molecule has 5 N–H and O–H groups in total. The zero-order chi connectivity index (χ0) is 16.0. The van der Waals surface area contributed by atoms with Crippen LogP contribution in [-0.2, 0) is 9.59 Å². The number of primary amides is 1. The Morgan fingerprint density at radius 3 is 2.52 bits per heavy atom. The molecule has 114 valence electrons. The lowest BCUT2D eigenvalue weighted by atomic mass is 10.1. The molecule has 7 nitrogen and oxygen atoms in total. The average molecular weight is 358 g/mol. The molecule has 1 rings (SSSR count). The monoisotopic (exact) mass is 357 g/mol. The third kappa shape index (κ3) is 6.26. The Labute approximate surface area is 130 Å². The van der Waals surface area contributed by atoms with Crippen LogP contribution < -0.4 is 16.4 Å². The Morgan fingerprint density at radius 2 is 2.00 bits per heavy atom. The molecule has 8 heteroatoms. The standard InChI is InChI=1S/C13H16BrN3O4/c1-7-4-8(14)6-9(5-7)16-13(21)17-10(12(19)20)2-3-11(15)18/h4-6,10H,2-3H2,1H3,(H2,15,18)(H,19,20)(H2,16,17,21)/t10-/m1/s1. The van der Waals surface area contributed by atoms with Crippen molar-refractivity contribution in [3.63, 3.8) is 0 Å². The van der Waals surface area contributed by atoms with E-state index in [1.54, 1.807) is 12.1 Å². The fourth-order valence-corrected chi connectivity index (χ4v) is 2.29. The Balaban J connectivity index is 2.65. The third-order valence-electron chi connectivity index (χ3n) is 2.58. The van der Waals surface area contributed by atoms with Gasteiger partial charge >= 0.3 is 12.0 Å². The minimum Gasteiger partial charge on any atom is -0.480 e. The number of carboxylic acid groups (broad SMARTS) is 1. The van der Waals surface area contributed by atoms with Crippen LogP contribution in [0, 0.1) is 6.92 Å². The molecule has 0 bridgehead atoms. The predicted octanol–water partition coefficient (Wildman–Crippen LogP) is 1.60. The number of rotatable bonds is 6. The molecule has 0 spiro atoms. The van der Waals surface area contributed by atoms with Crippen LogP contribution in [0.4, 0.5) is 10.5 Å². The molecule has 0 heterocycles. The molecule has 0 saturated carbocycles. The summed E-state index contributed by atoms with van der Waals surface area (Å²) >= 11 is 3.30. The van der Waals surface area contributed by atoms with Crippen LogP contribution in [0.3, 0.4) is 0 Å². The van der Waals surface area contributed by atoms with Crippen molar-refractivity contribution in [3.05, 3.63) is 28.2 Å². The number of carbonyl (C=O) groups excluding carboxylic acids is 2. The summed E-state index contributed by atoms with van der Waals surface area (Å²) in [5.74, 6) is -1.84. The molecule has 0 aromatic heterocycles. The lowest BCUT2D eigenvalue weighted by molar-refractivity contribution is -0.139. The normalized spacial score (nSPS) is 11.5. The van der Waals surface area contributed by atoms with Crippen molar-refractivity contribution >= 4 is 39.5 Å². The number of halogens is 1. The van der Waals surface area contributed by atoms with Crippen LogP contribution >= 0.6 is 15.9 Å². The average Bonchev–Trinajstić information content (AvgIpc) is 2.32. The van der Waals surface area contributed by atoms with Crippen LogP contribution in [0.1, 0.15) is 18.4 Å².